The van der Waals surface area contributed by atoms with Crippen LogP contribution in [0.25, 0.3) is 0 Å². The van der Waals surface area contributed by atoms with Crippen LogP contribution in [0.5, 0.6) is 0 Å². The van der Waals surface area contributed by atoms with Gasteiger partial charge in [-0.05, 0) is 43.7 Å². The number of benzene rings is 1. The molecule has 0 amide bonds. The average molecular weight is 356 g/mol. The fourth-order valence-electron chi connectivity index (χ4n) is 3.22. The maximum absolute atomic E-state index is 12.7. The standard InChI is InChI=1S/C17H22ClNOS2/c18-15-5-3-13(4-6-15)17(20)14-2-1-7-19(10-14)16-11-21-8-9-22-12-16/h3-6,14,16H,1-2,7-12H2/t14-/m1/s1. The third-order valence-electron chi connectivity index (χ3n) is 4.46. The number of rotatable bonds is 3. The summed E-state index contributed by atoms with van der Waals surface area (Å²) in [5, 5.41) is 0.689. The topological polar surface area (TPSA) is 20.3 Å². The molecule has 1 atom stereocenters. The molecule has 0 aromatic heterocycles. The number of nitrogens with zero attached hydrogens (tertiary/aromatic N) is 1. The van der Waals surface area contributed by atoms with E-state index in [1.165, 1.54) is 23.0 Å². The highest BCUT2D eigenvalue weighted by atomic mass is 35.5. The lowest BCUT2D eigenvalue weighted by Crippen LogP contribution is -2.46. The third kappa shape index (κ3) is 4.22. The number of likely N-dealkylation sites (tertiary alicyclic amines) is 1. The van der Waals surface area contributed by atoms with E-state index in [9.17, 15) is 4.79 Å². The molecule has 0 bridgehead atoms. The maximum Gasteiger partial charge on any atom is 0.167 e. The van der Waals surface area contributed by atoms with E-state index >= 15 is 0 Å². The number of ketones is 1. The maximum atomic E-state index is 12.7. The first kappa shape index (κ1) is 16.7. The van der Waals surface area contributed by atoms with Gasteiger partial charge >= 0.3 is 0 Å². The Hall–Kier alpha value is -0.160. The smallest absolute Gasteiger partial charge is 0.167 e. The van der Waals surface area contributed by atoms with Crippen molar-refractivity contribution in [3.63, 3.8) is 0 Å². The number of hydrogen-bond donors (Lipinski definition) is 0. The Labute approximate surface area is 146 Å². The number of hydrogen-bond acceptors (Lipinski definition) is 4. The second-order valence-electron chi connectivity index (χ2n) is 6.01. The molecule has 3 rings (SSSR count). The van der Waals surface area contributed by atoms with Gasteiger partial charge in [0.1, 0.15) is 0 Å². The van der Waals surface area contributed by atoms with E-state index < -0.39 is 0 Å². The molecule has 2 nitrogen and oxygen atoms in total. The largest absolute Gasteiger partial charge is 0.298 e. The van der Waals surface area contributed by atoms with Gasteiger partial charge in [-0.1, -0.05) is 11.6 Å². The zero-order valence-electron chi connectivity index (χ0n) is 12.7. The summed E-state index contributed by atoms with van der Waals surface area (Å²) >= 11 is 10.0. The predicted octanol–water partition coefficient (Wildman–Crippen LogP) is 4.08. The van der Waals surface area contributed by atoms with Crippen molar-refractivity contribution >= 4 is 40.9 Å². The summed E-state index contributed by atoms with van der Waals surface area (Å²) in [5.74, 6) is 5.40. The number of carbonyl (C=O) groups is 1. The van der Waals surface area contributed by atoms with Gasteiger partial charge in [-0.25, -0.2) is 0 Å². The molecule has 120 valence electrons. The van der Waals surface area contributed by atoms with Gasteiger partial charge in [-0.2, -0.15) is 23.5 Å². The number of halogens is 1. The van der Waals surface area contributed by atoms with Crippen molar-refractivity contribution in [1.29, 1.82) is 0 Å². The minimum absolute atomic E-state index is 0.146. The van der Waals surface area contributed by atoms with Gasteiger partial charge < -0.3 is 0 Å². The van der Waals surface area contributed by atoms with E-state index in [-0.39, 0.29) is 11.7 Å². The molecule has 2 saturated heterocycles. The third-order valence-corrected chi connectivity index (χ3v) is 7.20. The Morgan fingerprint density at radius 3 is 2.50 bits per heavy atom. The Bertz CT molecular complexity index is 500. The first-order valence-electron chi connectivity index (χ1n) is 7.93. The SMILES string of the molecule is O=C(c1ccc(Cl)cc1)[C@@H]1CCCN(C2CSCCSC2)C1. The van der Waals surface area contributed by atoms with Crippen LogP contribution in [0.1, 0.15) is 23.2 Å². The zero-order valence-corrected chi connectivity index (χ0v) is 15.1. The molecule has 0 radical (unpaired) electrons. The lowest BCUT2D eigenvalue weighted by molar-refractivity contribution is 0.0787. The highest BCUT2D eigenvalue weighted by Gasteiger charge is 2.30. The van der Waals surface area contributed by atoms with Gasteiger partial charge in [0.25, 0.3) is 0 Å². The Kier molecular flexibility index (Phi) is 6.14. The molecular formula is C17H22ClNOS2. The molecule has 0 aliphatic carbocycles. The lowest BCUT2D eigenvalue weighted by Gasteiger charge is -2.37. The molecule has 2 fully saturated rings. The Morgan fingerprint density at radius 1 is 1.14 bits per heavy atom. The molecule has 1 aromatic carbocycles. The van der Waals surface area contributed by atoms with Crippen molar-refractivity contribution in [2.45, 2.75) is 18.9 Å². The van der Waals surface area contributed by atoms with Gasteiger partial charge in [-0.3, -0.25) is 9.69 Å². The van der Waals surface area contributed by atoms with Gasteiger partial charge in [0.15, 0.2) is 5.78 Å². The van der Waals surface area contributed by atoms with E-state index in [1.807, 2.05) is 24.3 Å². The average Bonchev–Trinajstić information content (AvgIpc) is 2.84. The summed E-state index contributed by atoms with van der Waals surface area (Å²) in [7, 11) is 0. The van der Waals surface area contributed by atoms with Crippen LogP contribution in [0, 0.1) is 5.92 Å². The molecule has 2 aliphatic rings. The van der Waals surface area contributed by atoms with Gasteiger partial charge in [0, 0.05) is 52.1 Å². The van der Waals surface area contributed by atoms with Crippen molar-refractivity contribution in [2.75, 3.05) is 36.1 Å². The van der Waals surface area contributed by atoms with Gasteiger partial charge in [0.2, 0.25) is 0 Å². The number of piperidine rings is 1. The monoisotopic (exact) mass is 355 g/mol. The highest BCUT2D eigenvalue weighted by Crippen LogP contribution is 2.27. The predicted molar refractivity (Wildman–Crippen MR) is 98.5 cm³/mol. The van der Waals surface area contributed by atoms with Gasteiger partial charge in [0.05, 0.1) is 0 Å². The fourth-order valence-corrected chi connectivity index (χ4v) is 5.97. The molecular weight excluding hydrogens is 334 g/mol. The minimum Gasteiger partial charge on any atom is -0.298 e. The molecule has 1 aromatic rings. The van der Waals surface area contributed by atoms with Crippen molar-refractivity contribution in [2.24, 2.45) is 5.92 Å². The summed E-state index contributed by atoms with van der Waals surface area (Å²) in [6, 6.07) is 7.99. The summed E-state index contributed by atoms with van der Waals surface area (Å²) in [4.78, 5) is 15.3. The fraction of sp³-hybridized carbons (Fsp3) is 0.588. The lowest BCUT2D eigenvalue weighted by atomic mass is 9.89. The second-order valence-corrected chi connectivity index (χ2v) is 8.74. The van der Waals surface area contributed by atoms with Crippen LogP contribution in [-0.2, 0) is 0 Å². The molecule has 5 heteroatoms. The molecule has 2 aliphatic heterocycles. The van der Waals surface area contributed by atoms with Crippen molar-refractivity contribution < 1.29 is 4.79 Å². The Morgan fingerprint density at radius 2 is 1.82 bits per heavy atom. The van der Waals surface area contributed by atoms with Crippen LogP contribution < -0.4 is 0 Å². The van der Waals surface area contributed by atoms with E-state index in [0.717, 1.165) is 31.5 Å². The molecule has 0 saturated carbocycles. The van der Waals surface area contributed by atoms with Crippen molar-refractivity contribution in [1.82, 2.24) is 4.90 Å². The van der Waals surface area contributed by atoms with E-state index in [2.05, 4.69) is 28.4 Å². The van der Waals surface area contributed by atoms with Crippen molar-refractivity contribution in [3.8, 4) is 0 Å². The first-order valence-corrected chi connectivity index (χ1v) is 10.6. The number of thioether (sulfide) groups is 2. The molecule has 22 heavy (non-hydrogen) atoms. The number of Topliss-reactive ketones (excluding diaryl/α,β-unsaturated/α-hetero) is 1. The summed E-state index contributed by atoms with van der Waals surface area (Å²) in [5.41, 5.74) is 0.806. The first-order chi connectivity index (χ1) is 10.7. The van der Waals surface area contributed by atoms with Crippen LogP contribution in [0.15, 0.2) is 24.3 Å². The van der Waals surface area contributed by atoms with Crippen LogP contribution in [0.4, 0.5) is 0 Å². The summed E-state index contributed by atoms with van der Waals surface area (Å²) in [6.07, 6.45) is 2.15. The zero-order chi connectivity index (χ0) is 15.4. The van der Waals surface area contributed by atoms with Crippen LogP contribution >= 0.6 is 35.1 Å². The van der Waals surface area contributed by atoms with E-state index in [0.29, 0.717) is 11.1 Å². The molecule has 0 N–H and O–H groups in total. The van der Waals surface area contributed by atoms with E-state index in [4.69, 9.17) is 11.6 Å². The molecule has 0 spiro atoms. The number of carbonyl (C=O) groups excluding carboxylic acids is 1. The van der Waals surface area contributed by atoms with Crippen LogP contribution in [0.3, 0.4) is 0 Å². The van der Waals surface area contributed by atoms with E-state index in [1.54, 1.807) is 0 Å². The highest BCUT2D eigenvalue weighted by molar-refractivity contribution is 8.03. The van der Waals surface area contributed by atoms with Crippen LogP contribution in [-0.4, -0.2) is 52.8 Å². The summed E-state index contributed by atoms with van der Waals surface area (Å²) in [6.45, 7) is 2.07. The normalized spacial score (nSPS) is 24.9. The van der Waals surface area contributed by atoms with Gasteiger partial charge in [-0.15, -0.1) is 0 Å². The molecule has 0 unspecified atom stereocenters. The minimum atomic E-state index is 0.146. The summed E-state index contributed by atoms with van der Waals surface area (Å²) < 4.78 is 0. The van der Waals surface area contributed by atoms with Crippen molar-refractivity contribution in [3.05, 3.63) is 34.9 Å². The molecule has 2 heterocycles. The Balaban J connectivity index is 1.64. The second kappa shape index (κ2) is 8.09. The van der Waals surface area contributed by atoms with Crippen LogP contribution in [0.2, 0.25) is 5.02 Å². The quantitative estimate of drug-likeness (QED) is 0.761.